The van der Waals surface area contributed by atoms with Gasteiger partial charge in [0, 0.05) is 5.69 Å². The quantitative estimate of drug-likeness (QED) is 0.798. The molecule has 128 valence electrons. The molecule has 0 spiro atoms. The average molecular weight is 379 g/mol. The van der Waals surface area contributed by atoms with E-state index in [2.05, 4.69) is 5.32 Å². The third kappa shape index (κ3) is 3.13. The van der Waals surface area contributed by atoms with Crippen molar-refractivity contribution in [1.29, 1.82) is 0 Å². The molecule has 3 rings (SSSR count). The molecule has 7 heteroatoms. The first-order chi connectivity index (χ1) is 11.8. The first kappa shape index (κ1) is 17.5. The van der Waals surface area contributed by atoms with Gasteiger partial charge in [0.25, 0.3) is 11.8 Å². The molecule has 0 aliphatic carbocycles. The predicted octanol–water partition coefficient (Wildman–Crippen LogP) is 4.53. The number of nitrogens with one attached hydrogen (secondary N) is 1. The van der Waals surface area contributed by atoms with Crippen LogP contribution in [0.25, 0.3) is 0 Å². The maximum Gasteiger partial charge on any atom is 0.283 e. The number of benzene rings is 2. The van der Waals surface area contributed by atoms with Crippen molar-refractivity contribution in [2.75, 3.05) is 10.2 Å². The first-order valence-corrected chi connectivity index (χ1v) is 8.13. The highest BCUT2D eigenvalue weighted by Gasteiger charge is 2.39. The minimum atomic E-state index is -0.620. The molecule has 25 heavy (non-hydrogen) atoms. The van der Waals surface area contributed by atoms with Gasteiger partial charge in [0.2, 0.25) is 0 Å². The molecule has 0 atom stereocenters. The molecule has 1 N–H and O–H groups in total. The number of halogens is 3. The zero-order chi connectivity index (χ0) is 18.3. The number of aryl methyl sites for hydroxylation is 2. The van der Waals surface area contributed by atoms with Crippen LogP contribution >= 0.6 is 23.2 Å². The average Bonchev–Trinajstić information content (AvgIpc) is 2.77. The second-order valence-electron chi connectivity index (χ2n) is 5.66. The highest BCUT2D eigenvalue weighted by molar-refractivity contribution is 6.53. The van der Waals surface area contributed by atoms with E-state index in [-0.39, 0.29) is 15.8 Å². The van der Waals surface area contributed by atoms with Gasteiger partial charge in [-0.2, -0.15) is 0 Å². The Morgan fingerprint density at radius 3 is 2.32 bits per heavy atom. The topological polar surface area (TPSA) is 49.4 Å². The molecule has 0 aromatic heterocycles. The number of imide groups is 1. The van der Waals surface area contributed by atoms with Crippen molar-refractivity contribution in [2.45, 2.75) is 13.8 Å². The van der Waals surface area contributed by atoms with E-state index in [0.29, 0.717) is 11.4 Å². The number of carbonyl (C=O) groups excluding carboxylic acids is 2. The van der Waals surface area contributed by atoms with Crippen LogP contribution in [-0.4, -0.2) is 11.8 Å². The molecular formula is C18H13Cl2FN2O2. The lowest BCUT2D eigenvalue weighted by Gasteiger charge is -2.16. The fourth-order valence-electron chi connectivity index (χ4n) is 2.43. The van der Waals surface area contributed by atoms with Crippen LogP contribution in [0.4, 0.5) is 15.8 Å². The molecule has 2 aromatic rings. The van der Waals surface area contributed by atoms with Gasteiger partial charge in [-0.15, -0.1) is 0 Å². The summed E-state index contributed by atoms with van der Waals surface area (Å²) in [6.07, 6.45) is 0. The summed E-state index contributed by atoms with van der Waals surface area (Å²) in [5.74, 6) is -1.79. The molecule has 2 amide bonds. The van der Waals surface area contributed by atoms with Crippen LogP contribution in [0.1, 0.15) is 11.1 Å². The second-order valence-corrected chi connectivity index (χ2v) is 6.44. The molecule has 1 heterocycles. The molecular weight excluding hydrogens is 366 g/mol. The minimum absolute atomic E-state index is 0.0763. The monoisotopic (exact) mass is 378 g/mol. The SMILES string of the molecule is Cc1ccc(N2C(=O)C(Cl)=C(Nc3ccc(F)c(Cl)c3)C2=O)cc1C. The van der Waals surface area contributed by atoms with Crippen molar-refractivity contribution in [3.63, 3.8) is 0 Å². The van der Waals surface area contributed by atoms with Crippen LogP contribution in [0.3, 0.4) is 0 Å². The highest BCUT2D eigenvalue weighted by Crippen LogP contribution is 2.31. The number of rotatable bonds is 3. The van der Waals surface area contributed by atoms with Crippen molar-refractivity contribution >= 4 is 46.4 Å². The van der Waals surface area contributed by atoms with E-state index in [1.165, 1.54) is 12.1 Å². The molecule has 0 fully saturated rings. The van der Waals surface area contributed by atoms with Crippen LogP contribution in [0.15, 0.2) is 47.1 Å². The fourth-order valence-corrected chi connectivity index (χ4v) is 2.82. The Morgan fingerprint density at radius 1 is 0.960 bits per heavy atom. The Labute approximate surface area is 153 Å². The fraction of sp³-hybridized carbons (Fsp3) is 0.111. The van der Waals surface area contributed by atoms with E-state index in [9.17, 15) is 14.0 Å². The number of amides is 2. The van der Waals surface area contributed by atoms with Gasteiger partial charge in [0.1, 0.15) is 16.5 Å². The van der Waals surface area contributed by atoms with Crippen molar-refractivity contribution < 1.29 is 14.0 Å². The van der Waals surface area contributed by atoms with Gasteiger partial charge in [0.05, 0.1) is 10.7 Å². The van der Waals surface area contributed by atoms with Crippen LogP contribution in [-0.2, 0) is 9.59 Å². The number of carbonyl (C=O) groups is 2. The number of hydrogen-bond acceptors (Lipinski definition) is 3. The molecule has 0 saturated heterocycles. The summed E-state index contributed by atoms with van der Waals surface area (Å²) in [5.41, 5.74) is 2.70. The summed E-state index contributed by atoms with van der Waals surface area (Å²) < 4.78 is 13.3. The lowest BCUT2D eigenvalue weighted by atomic mass is 10.1. The zero-order valence-corrected chi connectivity index (χ0v) is 14.9. The summed E-state index contributed by atoms with van der Waals surface area (Å²) in [4.78, 5) is 26.1. The van der Waals surface area contributed by atoms with Crippen LogP contribution < -0.4 is 10.2 Å². The van der Waals surface area contributed by atoms with E-state index < -0.39 is 17.6 Å². The van der Waals surface area contributed by atoms with Gasteiger partial charge in [-0.1, -0.05) is 29.3 Å². The lowest BCUT2D eigenvalue weighted by molar-refractivity contribution is -0.120. The van der Waals surface area contributed by atoms with Gasteiger partial charge in [-0.05, 0) is 55.3 Å². The van der Waals surface area contributed by atoms with Crippen molar-refractivity contribution in [3.05, 3.63) is 69.1 Å². The van der Waals surface area contributed by atoms with E-state index in [1.807, 2.05) is 19.9 Å². The van der Waals surface area contributed by atoms with Gasteiger partial charge in [-0.25, -0.2) is 9.29 Å². The van der Waals surface area contributed by atoms with Crippen molar-refractivity contribution in [3.8, 4) is 0 Å². The summed E-state index contributed by atoms with van der Waals surface area (Å²) in [6, 6.07) is 9.11. The summed E-state index contributed by atoms with van der Waals surface area (Å²) >= 11 is 11.8. The molecule has 2 aromatic carbocycles. The van der Waals surface area contributed by atoms with Gasteiger partial charge < -0.3 is 5.32 Å². The van der Waals surface area contributed by atoms with E-state index in [4.69, 9.17) is 23.2 Å². The Bertz CT molecular complexity index is 941. The summed E-state index contributed by atoms with van der Waals surface area (Å²) in [7, 11) is 0. The summed E-state index contributed by atoms with van der Waals surface area (Å²) in [6.45, 7) is 3.82. The maximum absolute atomic E-state index is 13.3. The van der Waals surface area contributed by atoms with Gasteiger partial charge in [0.15, 0.2) is 0 Å². The Morgan fingerprint density at radius 2 is 1.68 bits per heavy atom. The van der Waals surface area contributed by atoms with Crippen molar-refractivity contribution in [1.82, 2.24) is 0 Å². The Balaban J connectivity index is 1.93. The minimum Gasteiger partial charge on any atom is -0.350 e. The van der Waals surface area contributed by atoms with Crippen LogP contribution in [0.5, 0.6) is 0 Å². The summed E-state index contributed by atoms with van der Waals surface area (Å²) in [5, 5.41) is 2.41. The van der Waals surface area contributed by atoms with Crippen LogP contribution in [0, 0.1) is 19.7 Å². The molecule has 4 nitrogen and oxygen atoms in total. The van der Waals surface area contributed by atoms with E-state index in [0.717, 1.165) is 22.1 Å². The van der Waals surface area contributed by atoms with Crippen molar-refractivity contribution in [2.24, 2.45) is 0 Å². The Kier molecular flexibility index (Phi) is 4.54. The molecule has 1 aliphatic rings. The standard InChI is InChI=1S/C18H13Cl2FN2O2/c1-9-3-5-12(7-10(9)2)23-17(24)15(20)16(18(23)25)22-11-4-6-14(21)13(19)8-11/h3-8,22H,1-2H3. The number of anilines is 2. The highest BCUT2D eigenvalue weighted by atomic mass is 35.5. The molecule has 0 bridgehead atoms. The lowest BCUT2D eigenvalue weighted by Crippen LogP contribution is -2.32. The van der Waals surface area contributed by atoms with Gasteiger partial charge in [-0.3, -0.25) is 9.59 Å². The zero-order valence-electron chi connectivity index (χ0n) is 13.4. The van der Waals surface area contributed by atoms with E-state index in [1.54, 1.807) is 12.1 Å². The molecule has 1 aliphatic heterocycles. The smallest absolute Gasteiger partial charge is 0.283 e. The number of nitrogens with zero attached hydrogens (tertiary/aromatic N) is 1. The number of hydrogen-bond donors (Lipinski definition) is 1. The van der Waals surface area contributed by atoms with Gasteiger partial charge >= 0.3 is 0 Å². The normalized spacial score (nSPS) is 14.5. The molecule has 0 unspecified atom stereocenters. The van der Waals surface area contributed by atoms with Crippen LogP contribution in [0.2, 0.25) is 5.02 Å². The third-order valence-electron chi connectivity index (χ3n) is 3.96. The Hall–Kier alpha value is -2.37. The third-order valence-corrected chi connectivity index (χ3v) is 4.61. The molecule has 0 saturated carbocycles. The van der Waals surface area contributed by atoms with E-state index >= 15 is 0 Å². The largest absolute Gasteiger partial charge is 0.350 e. The first-order valence-electron chi connectivity index (χ1n) is 7.37. The maximum atomic E-state index is 13.3. The second kappa shape index (κ2) is 6.50. The molecule has 0 radical (unpaired) electrons. The predicted molar refractivity (Wildman–Crippen MR) is 96.3 cm³/mol.